The summed E-state index contributed by atoms with van der Waals surface area (Å²) in [4.78, 5) is 7.72. The third-order valence-electron chi connectivity index (χ3n) is 2.49. The van der Waals surface area contributed by atoms with Crippen LogP contribution in [-0.4, -0.2) is 26.4 Å². The minimum Gasteiger partial charge on any atom is -0.323 e. The van der Waals surface area contributed by atoms with Gasteiger partial charge in [-0.1, -0.05) is 0 Å². The van der Waals surface area contributed by atoms with Crippen molar-refractivity contribution in [2.75, 3.05) is 0 Å². The normalized spacial score (nSPS) is 13.2. The van der Waals surface area contributed by atoms with E-state index in [-0.39, 0.29) is 12.4 Å². The molecule has 2 aromatic heterocycles. The lowest BCUT2D eigenvalue weighted by atomic mass is 10.2. The van der Waals surface area contributed by atoms with E-state index in [4.69, 9.17) is 0 Å². The fourth-order valence-electron chi connectivity index (χ4n) is 1.41. The van der Waals surface area contributed by atoms with Crippen LogP contribution in [0.15, 0.2) is 23.2 Å². The van der Waals surface area contributed by atoms with Crippen LogP contribution in [0.3, 0.4) is 0 Å². The van der Waals surface area contributed by atoms with E-state index in [9.17, 15) is 17.6 Å². The molecule has 0 N–H and O–H groups in total. The number of hydrogen-bond acceptors (Lipinski definition) is 2. The second kappa shape index (κ2) is 4.18. The molecule has 0 amide bonds. The van der Waals surface area contributed by atoms with Crippen LogP contribution in [0.2, 0.25) is 0 Å². The highest BCUT2D eigenvalue weighted by molar-refractivity contribution is 9.10. The van der Waals surface area contributed by atoms with E-state index in [1.807, 2.05) is 0 Å². The third-order valence-corrected chi connectivity index (χ3v) is 2.92. The van der Waals surface area contributed by atoms with Gasteiger partial charge in [0.15, 0.2) is 0 Å². The molecular formula is C10H8BrF4N3. The van der Waals surface area contributed by atoms with Gasteiger partial charge >= 0.3 is 11.8 Å². The molecule has 2 rings (SSSR count). The highest BCUT2D eigenvalue weighted by Crippen LogP contribution is 2.35. The monoisotopic (exact) mass is 325 g/mol. The van der Waals surface area contributed by atoms with E-state index in [0.717, 1.165) is 10.9 Å². The van der Waals surface area contributed by atoms with Gasteiger partial charge in [-0.15, -0.1) is 0 Å². The summed E-state index contributed by atoms with van der Waals surface area (Å²) >= 11 is 3.11. The van der Waals surface area contributed by atoms with Crippen LogP contribution < -0.4 is 0 Å². The lowest BCUT2D eigenvalue weighted by Gasteiger charge is -2.23. The fourth-order valence-corrected chi connectivity index (χ4v) is 1.73. The Morgan fingerprint density at radius 2 is 1.94 bits per heavy atom. The second-order valence-corrected chi connectivity index (χ2v) is 4.77. The Morgan fingerprint density at radius 3 is 2.56 bits per heavy atom. The van der Waals surface area contributed by atoms with E-state index in [1.165, 1.54) is 12.3 Å². The number of fused-ring (bicyclic) bond motifs is 1. The summed E-state index contributed by atoms with van der Waals surface area (Å²) in [5, 5.41) is 0. The molecule has 0 aliphatic heterocycles. The molecule has 0 radical (unpaired) electrons. The maximum atomic E-state index is 13.3. The minimum absolute atomic E-state index is 0.195. The van der Waals surface area contributed by atoms with Gasteiger partial charge in [-0.25, -0.2) is 18.7 Å². The molecule has 8 heteroatoms. The number of alkyl halides is 4. The summed E-state index contributed by atoms with van der Waals surface area (Å²) in [6.07, 6.45) is 2.40. The highest BCUT2D eigenvalue weighted by Gasteiger charge is 2.52. The van der Waals surface area contributed by atoms with Gasteiger partial charge in [-0.3, -0.25) is 0 Å². The summed E-state index contributed by atoms with van der Waals surface area (Å²) in [5.41, 5.74) is 0.689. The Hall–Kier alpha value is -1.18. The Morgan fingerprint density at radius 1 is 1.28 bits per heavy atom. The summed E-state index contributed by atoms with van der Waals surface area (Å²) < 4.78 is 53.5. The van der Waals surface area contributed by atoms with Crippen molar-refractivity contribution in [1.29, 1.82) is 0 Å². The van der Waals surface area contributed by atoms with Gasteiger partial charge in [0, 0.05) is 6.92 Å². The zero-order valence-electron chi connectivity index (χ0n) is 9.17. The van der Waals surface area contributed by atoms with Crippen molar-refractivity contribution in [3.8, 4) is 0 Å². The van der Waals surface area contributed by atoms with E-state index in [0.29, 0.717) is 10.1 Å². The number of nitrogens with zero attached hydrogens (tertiary/aromatic N) is 3. The molecule has 3 nitrogen and oxygen atoms in total. The van der Waals surface area contributed by atoms with Gasteiger partial charge < -0.3 is 4.57 Å². The number of rotatable bonds is 3. The molecule has 0 spiro atoms. The molecule has 98 valence electrons. The molecule has 0 bridgehead atoms. The molecule has 0 saturated carbocycles. The largest absolute Gasteiger partial charge is 0.327 e. The number of pyridine rings is 1. The first-order valence-electron chi connectivity index (χ1n) is 4.93. The van der Waals surface area contributed by atoms with Crippen molar-refractivity contribution in [1.82, 2.24) is 14.5 Å². The molecule has 18 heavy (non-hydrogen) atoms. The average molecular weight is 326 g/mol. The van der Waals surface area contributed by atoms with Gasteiger partial charge in [0.2, 0.25) is 0 Å². The summed E-state index contributed by atoms with van der Waals surface area (Å²) in [6, 6.07) is 1.52. The SMILES string of the molecule is CC(F)(F)C(F)(F)Cn1cnc2cc(Br)ncc21. The van der Waals surface area contributed by atoms with E-state index in [1.54, 1.807) is 0 Å². The Balaban J connectivity index is 2.39. The van der Waals surface area contributed by atoms with Crippen molar-refractivity contribution >= 4 is 27.0 Å². The van der Waals surface area contributed by atoms with Crippen LogP contribution in [0.5, 0.6) is 0 Å². The van der Waals surface area contributed by atoms with Crippen LogP contribution in [0.25, 0.3) is 11.0 Å². The molecule has 0 unspecified atom stereocenters. The molecule has 0 fully saturated rings. The van der Waals surface area contributed by atoms with Gasteiger partial charge in [0.1, 0.15) is 4.60 Å². The number of imidazole rings is 1. The Kier molecular flexibility index (Phi) is 3.08. The second-order valence-electron chi connectivity index (χ2n) is 3.96. The van der Waals surface area contributed by atoms with Crippen LogP contribution in [0, 0.1) is 0 Å². The average Bonchev–Trinajstić information content (AvgIpc) is 2.58. The molecule has 0 atom stereocenters. The lowest BCUT2D eigenvalue weighted by Crippen LogP contribution is -2.41. The van der Waals surface area contributed by atoms with Gasteiger partial charge in [-0.2, -0.15) is 8.78 Å². The summed E-state index contributed by atoms with van der Waals surface area (Å²) in [5.74, 6) is -8.24. The van der Waals surface area contributed by atoms with Crippen molar-refractivity contribution in [2.45, 2.75) is 25.3 Å². The topological polar surface area (TPSA) is 30.7 Å². The van der Waals surface area contributed by atoms with Crippen LogP contribution >= 0.6 is 15.9 Å². The lowest BCUT2D eigenvalue weighted by molar-refractivity contribution is -0.204. The van der Waals surface area contributed by atoms with E-state index < -0.39 is 18.4 Å². The summed E-state index contributed by atoms with van der Waals surface area (Å²) in [6.45, 7) is -0.947. The minimum atomic E-state index is -4.15. The predicted octanol–water partition coefficient (Wildman–Crippen LogP) is 3.48. The van der Waals surface area contributed by atoms with Crippen molar-refractivity contribution in [3.63, 3.8) is 0 Å². The number of halogens is 5. The molecular weight excluding hydrogens is 318 g/mol. The summed E-state index contributed by atoms with van der Waals surface area (Å²) in [7, 11) is 0. The predicted molar refractivity (Wildman–Crippen MR) is 60.8 cm³/mol. The molecule has 0 aromatic carbocycles. The Labute approximate surface area is 108 Å². The van der Waals surface area contributed by atoms with Gasteiger partial charge in [0.25, 0.3) is 0 Å². The zero-order valence-corrected chi connectivity index (χ0v) is 10.8. The maximum Gasteiger partial charge on any atom is 0.327 e. The van der Waals surface area contributed by atoms with E-state index >= 15 is 0 Å². The van der Waals surface area contributed by atoms with Crippen molar-refractivity contribution in [3.05, 3.63) is 23.2 Å². The van der Waals surface area contributed by atoms with Gasteiger partial charge in [0.05, 0.1) is 30.1 Å². The van der Waals surface area contributed by atoms with Crippen LogP contribution in [0.1, 0.15) is 6.92 Å². The van der Waals surface area contributed by atoms with Crippen molar-refractivity contribution < 1.29 is 17.6 Å². The molecule has 2 heterocycles. The molecule has 0 aliphatic carbocycles. The van der Waals surface area contributed by atoms with Crippen molar-refractivity contribution in [2.24, 2.45) is 0 Å². The van der Waals surface area contributed by atoms with Gasteiger partial charge in [-0.05, 0) is 22.0 Å². The van der Waals surface area contributed by atoms with E-state index in [2.05, 4.69) is 25.9 Å². The first-order chi connectivity index (χ1) is 8.21. The first-order valence-corrected chi connectivity index (χ1v) is 5.72. The highest BCUT2D eigenvalue weighted by atomic mass is 79.9. The number of hydrogen-bond donors (Lipinski definition) is 0. The molecule has 0 aliphatic rings. The fraction of sp³-hybridized carbons (Fsp3) is 0.400. The smallest absolute Gasteiger partial charge is 0.323 e. The molecule has 2 aromatic rings. The third kappa shape index (κ3) is 2.33. The molecule has 0 saturated heterocycles. The van der Waals surface area contributed by atoms with Crippen LogP contribution in [0.4, 0.5) is 17.6 Å². The zero-order chi connectivity index (χ0) is 13.6. The quantitative estimate of drug-likeness (QED) is 0.639. The first kappa shape index (κ1) is 13.3. The number of aromatic nitrogens is 3. The Bertz CT molecular complexity index is 576. The maximum absolute atomic E-state index is 13.3. The standard InChI is InChI=1S/C10H8BrF4N3/c1-9(12,13)10(14,15)4-18-5-17-6-2-8(11)16-3-7(6)18/h2-3,5H,4H2,1H3. The van der Waals surface area contributed by atoms with Crippen LogP contribution in [-0.2, 0) is 6.54 Å².